The number of pyridine rings is 1. The van der Waals surface area contributed by atoms with Crippen molar-refractivity contribution in [1.29, 1.82) is 0 Å². The molecule has 0 bridgehead atoms. The monoisotopic (exact) mass is 237 g/mol. The molecule has 1 aromatic heterocycles. The summed E-state index contributed by atoms with van der Waals surface area (Å²) in [6, 6.07) is 0.708. The molecule has 4 nitrogen and oxygen atoms in total. The van der Waals surface area contributed by atoms with Crippen LogP contribution in [0, 0.1) is 0 Å². The summed E-state index contributed by atoms with van der Waals surface area (Å²) in [6.45, 7) is 0. The molecule has 15 heavy (non-hydrogen) atoms. The number of carbonyl (C=O) groups excluding carboxylic acids is 1. The van der Waals surface area contributed by atoms with E-state index in [1.165, 1.54) is 0 Å². The lowest BCUT2D eigenvalue weighted by atomic mass is 10.1. The lowest BCUT2D eigenvalue weighted by Crippen LogP contribution is -2.13. The SMILES string of the molecule is COc1[nH]c(=O)cc(C(=O)Cl)c1C(F)F. The molecule has 0 aliphatic carbocycles. The highest BCUT2D eigenvalue weighted by molar-refractivity contribution is 6.67. The zero-order valence-corrected chi connectivity index (χ0v) is 8.27. The zero-order chi connectivity index (χ0) is 11.6. The molecule has 0 amide bonds. The molecule has 1 heterocycles. The molecule has 0 spiro atoms. The first-order valence-corrected chi connectivity index (χ1v) is 4.14. The van der Waals surface area contributed by atoms with Crippen molar-refractivity contribution in [3.63, 3.8) is 0 Å². The van der Waals surface area contributed by atoms with E-state index in [2.05, 4.69) is 4.74 Å². The topological polar surface area (TPSA) is 59.2 Å². The molecule has 0 unspecified atom stereocenters. The summed E-state index contributed by atoms with van der Waals surface area (Å²) >= 11 is 5.07. The molecular formula is C8H6ClF2NO3. The number of ether oxygens (including phenoxy) is 1. The van der Waals surface area contributed by atoms with Gasteiger partial charge in [-0.05, 0) is 11.6 Å². The number of carbonyl (C=O) groups is 1. The van der Waals surface area contributed by atoms with Gasteiger partial charge in [0, 0.05) is 6.07 Å². The number of rotatable bonds is 3. The second-order valence-electron chi connectivity index (χ2n) is 2.57. The number of aromatic amines is 1. The van der Waals surface area contributed by atoms with Crippen LogP contribution in [0.15, 0.2) is 10.9 Å². The van der Waals surface area contributed by atoms with Gasteiger partial charge in [-0.15, -0.1) is 0 Å². The average molecular weight is 238 g/mol. The van der Waals surface area contributed by atoms with E-state index in [0.717, 1.165) is 7.11 Å². The van der Waals surface area contributed by atoms with Gasteiger partial charge in [0.05, 0.1) is 18.2 Å². The molecule has 0 saturated heterocycles. The number of hydrogen-bond donors (Lipinski definition) is 1. The summed E-state index contributed by atoms with van der Waals surface area (Å²) in [5.74, 6) is -0.457. The van der Waals surface area contributed by atoms with Crippen LogP contribution in [-0.4, -0.2) is 17.3 Å². The molecule has 0 aromatic carbocycles. The maximum absolute atomic E-state index is 12.6. The highest BCUT2D eigenvalue weighted by atomic mass is 35.5. The van der Waals surface area contributed by atoms with Crippen molar-refractivity contribution >= 4 is 16.8 Å². The second kappa shape index (κ2) is 4.39. The van der Waals surface area contributed by atoms with Gasteiger partial charge in [-0.2, -0.15) is 0 Å². The number of methoxy groups -OCH3 is 1. The Balaban J connectivity index is 3.54. The van der Waals surface area contributed by atoms with E-state index in [0.29, 0.717) is 6.07 Å². The third kappa shape index (κ3) is 2.33. The minimum Gasteiger partial charge on any atom is -0.482 e. The van der Waals surface area contributed by atoms with Crippen molar-refractivity contribution in [3.8, 4) is 5.88 Å². The van der Waals surface area contributed by atoms with Crippen LogP contribution in [0.4, 0.5) is 8.78 Å². The second-order valence-corrected chi connectivity index (χ2v) is 2.91. The van der Waals surface area contributed by atoms with E-state index in [1.54, 1.807) is 0 Å². The molecule has 0 radical (unpaired) electrons. The van der Waals surface area contributed by atoms with Crippen LogP contribution in [0.3, 0.4) is 0 Å². The highest BCUT2D eigenvalue weighted by Crippen LogP contribution is 2.29. The van der Waals surface area contributed by atoms with Crippen LogP contribution >= 0.6 is 11.6 Å². The summed E-state index contributed by atoms with van der Waals surface area (Å²) in [5, 5.41) is -1.13. The Morgan fingerprint density at radius 2 is 2.20 bits per heavy atom. The van der Waals surface area contributed by atoms with Gasteiger partial charge in [0.1, 0.15) is 0 Å². The number of H-pyrrole nitrogens is 1. The van der Waals surface area contributed by atoms with Gasteiger partial charge in [-0.25, -0.2) is 8.78 Å². The fourth-order valence-corrected chi connectivity index (χ4v) is 1.24. The van der Waals surface area contributed by atoms with Crippen molar-refractivity contribution in [3.05, 3.63) is 27.5 Å². The van der Waals surface area contributed by atoms with Crippen molar-refractivity contribution in [2.75, 3.05) is 7.11 Å². The summed E-state index contributed by atoms with van der Waals surface area (Å²) in [7, 11) is 1.10. The third-order valence-electron chi connectivity index (χ3n) is 1.68. The molecule has 0 aliphatic heterocycles. The van der Waals surface area contributed by atoms with E-state index in [1.807, 2.05) is 4.98 Å². The molecule has 0 atom stereocenters. The standard InChI is InChI=1S/C8H6ClF2NO3/c1-15-8-5(7(10)11)3(6(9)14)2-4(13)12-8/h2,7H,1H3,(H,12,13). The molecule has 0 aliphatic rings. The van der Waals surface area contributed by atoms with Crippen LogP contribution in [0.25, 0.3) is 0 Å². The van der Waals surface area contributed by atoms with Crippen molar-refractivity contribution in [2.45, 2.75) is 6.43 Å². The van der Waals surface area contributed by atoms with Crippen LogP contribution in [-0.2, 0) is 0 Å². The fraction of sp³-hybridized carbons (Fsp3) is 0.250. The van der Waals surface area contributed by atoms with E-state index in [4.69, 9.17) is 11.6 Å². The Labute approximate surface area is 87.8 Å². The smallest absolute Gasteiger partial charge is 0.269 e. The largest absolute Gasteiger partial charge is 0.482 e. The highest BCUT2D eigenvalue weighted by Gasteiger charge is 2.23. The van der Waals surface area contributed by atoms with Crippen molar-refractivity contribution in [1.82, 2.24) is 4.98 Å². The summed E-state index contributed by atoms with van der Waals surface area (Å²) in [4.78, 5) is 23.8. The Hall–Kier alpha value is -1.43. The van der Waals surface area contributed by atoms with Gasteiger partial charge in [0.2, 0.25) is 5.88 Å². The van der Waals surface area contributed by atoms with E-state index in [9.17, 15) is 18.4 Å². The van der Waals surface area contributed by atoms with Gasteiger partial charge in [-0.3, -0.25) is 14.6 Å². The average Bonchev–Trinajstić information content (AvgIpc) is 2.15. The van der Waals surface area contributed by atoms with Gasteiger partial charge in [0.15, 0.2) is 0 Å². The maximum atomic E-state index is 12.6. The minimum absolute atomic E-state index is 0.457. The fourth-order valence-electron chi connectivity index (χ4n) is 1.09. The molecule has 82 valence electrons. The number of nitrogens with one attached hydrogen (secondary N) is 1. The van der Waals surface area contributed by atoms with Crippen LogP contribution in [0.5, 0.6) is 5.88 Å². The Morgan fingerprint density at radius 1 is 1.60 bits per heavy atom. The van der Waals surface area contributed by atoms with Crippen LogP contribution in [0.2, 0.25) is 0 Å². The van der Waals surface area contributed by atoms with Crippen molar-refractivity contribution in [2.24, 2.45) is 0 Å². The van der Waals surface area contributed by atoms with Gasteiger partial charge < -0.3 is 4.74 Å². The molecule has 1 aromatic rings. The summed E-state index contributed by atoms with van der Waals surface area (Å²) in [5.41, 5.74) is -2.00. The number of halogens is 3. The Bertz CT molecular complexity index is 444. The molecule has 0 saturated carbocycles. The van der Waals surface area contributed by atoms with Gasteiger partial charge in [0.25, 0.3) is 17.2 Å². The molecule has 7 heteroatoms. The summed E-state index contributed by atoms with van der Waals surface area (Å²) in [6.07, 6.45) is -2.96. The van der Waals surface area contributed by atoms with Crippen molar-refractivity contribution < 1.29 is 18.3 Å². The molecule has 0 fully saturated rings. The third-order valence-corrected chi connectivity index (χ3v) is 1.88. The van der Waals surface area contributed by atoms with Gasteiger partial charge >= 0.3 is 0 Å². The lowest BCUT2D eigenvalue weighted by molar-refractivity contribution is 0.106. The minimum atomic E-state index is -2.96. The Morgan fingerprint density at radius 3 is 2.60 bits per heavy atom. The maximum Gasteiger partial charge on any atom is 0.269 e. The number of hydrogen-bond acceptors (Lipinski definition) is 3. The lowest BCUT2D eigenvalue weighted by Gasteiger charge is -2.09. The van der Waals surface area contributed by atoms with E-state index < -0.39 is 34.2 Å². The quantitative estimate of drug-likeness (QED) is 0.814. The molecule has 1 N–H and O–H groups in total. The first kappa shape index (κ1) is 11.6. The first-order valence-electron chi connectivity index (χ1n) is 3.76. The molecular weight excluding hydrogens is 232 g/mol. The van der Waals surface area contributed by atoms with E-state index >= 15 is 0 Å². The zero-order valence-electron chi connectivity index (χ0n) is 7.51. The Kier molecular flexibility index (Phi) is 3.41. The van der Waals surface area contributed by atoms with E-state index in [-0.39, 0.29) is 0 Å². The van der Waals surface area contributed by atoms with Gasteiger partial charge in [-0.1, -0.05) is 0 Å². The predicted octanol–water partition coefficient (Wildman–Crippen LogP) is 1.70. The molecule has 1 rings (SSSR count). The number of alkyl halides is 2. The number of aromatic nitrogens is 1. The van der Waals surface area contributed by atoms with Crippen LogP contribution in [0.1, 0.15) is 22.3 Å². The predicted molar refractivity (Wildman–Crippen MR) is 48.8 cm³/mol. The summed E-state index contributed by atoms with van der Waals surface area (Å²) < 4.78 is 29.6. The normalized spacial score (nSPS) is 10.5. The first-order chi connectivity index (χ1) is 6.97. The van der Waals surface area contributed by atoms with Crippen LogP contribution < -0.4 is 10.3 Å².